The van der Waals surface area contributed by atoms with Crippen LogP contribution in [0.2, 0.25) is 0 Å². The minimum Gasteiger partial charge on any atom is -0.506 e. The Morgan fingerprint density at radius 2 is 2.10 bits per heavy atom. The molecule has 2 N–H and O–H groups in total. The molecule has 1 aromatic heterocycles. The number of nitrogens with one attached hydrogen (secondary N) is 1. The Labute approximate surface area is 121 Å². The molecule has 0 atom stereocenters. The van der Waals surface area contributed by atoms with E-state index in [9.17, 15) is 20.0 Å². The summed E-state index contributed by atoms with van der Waals surface area (Å²) in [4.78, 5) is 25.7. The van der Waals surface area contributed by atoms with Crippen molar-refractivity contribution in [3.63, 3.8) is 0 Å². The van der Waals surface area contributed by atoms with Crippen molar-refractivity contribution in [2.24, 2.45) is 0 Å². The second kappa shape index (κ2) is 5.66. The second-order valence-electron chi connectivity index (χ2n) is 3.81. The van der Waals surface area contributed by atoms with Gasteiger partial charge in [-0.1, -0.05) is 0 Å². The van der Waals surface area contributed by atoms with E-state index in [0.29, 0.717) is 10.2 Å². The van der Waals surface area contributed by atoms with Crippen molar-refractivity contribution < 1.29 is 14.8 Å². The van der Waals surface area contributed by atoms with Gasteiger partial charge in [0.1, 0.15) is 5.75 Å². The maximum absolute atomic E-state index is 11.9. The lowest BCUT2D eigenvalue weighted by Gasteiger charge is -2.07. The summed E-state index contributed by atoms with van der Waals surface area (Å²) in [5.74, 6) is -0.608. The molecule has 0 spiro atoms. The molecule has 0 aliphatic rings. The van der Waals surface area contributed by atoms with E-state index in [1.54, 1.807) is 0 Å². The van der Waals surface area contributed by atoms with Crippen LogP contribution in [0, 0.1) is 10.1 Å². The third kappa shape index (κ3) is 3.09. The van der Waals surface area contributed by atoms with Gasteiger partial charge < -0.3 is 10.4 Å². The number of halogens is 1. The average molecular weight is 338 g/mol. The topological polar surface area (TPSA) is 105 Å². The molecule has 1 aromatic carbocycles. The van der Waals surface area contributed by atoms with E-state index in [1.165, 1.54) is 36.7 Å². The molecule has 0 fully saturated rings. The monoisotopic (exact) mass is 337 g/mol. The fraction of sp³-hybridized carbons (Fsp3) is 0. The lowest BCUT2D eigenvalue weighted by Crippen LogP contribution is -2.12. The van der Waals surface area contributed by atoms with Crippen molar-refractivity contribution in [2.75, 3.05) is 5.32 Å². The molecule has 7 nitrogen and oxygen atoms in total. The van der Waals surface area contributed by atoms with Gasteiger partial charge in [-0.3, -0.25) is 19.9 Å². The Kier molecular flexibility index (Phi) is 3.94. The Morgan fingerprint density at radius 3 is 2.70 bits per heavy atom. The van der Waals surface area contributed by atoms with Crippen LogP contribution in [0.25, 0.3) is 0 Å². The van der Waals surface area contributed by atoms with Crippen LogP contribution in [-0.4, -0.2) is 20.9 Å². The molecule has 0 radical (unpaired) electrons. The van der Waals surface area contributed by atoms with Crippen molar-refractivity contribution in [2.45, 2.75) is 0 Å². The third-order valence-electron chi connectivity index (χ3n) is 2.40. The van der Waals surface area contributed by atoms with Crippen molar-refractivity contribution in [1.82, 2.24) is 4.98 Å². The molecule has 0 saturated heterocycles. The SMILES string of the molecule is O=C(Nc1ccc([N+](=O)[O-])cc1Br)c1cncc(O)c1. The maximum Gasteiger partial charge on any atom is 0.270 e. The summed E-state index contributed by atoms with van der Waals surface area (Å²) in [7, 11) is 0. The van der Waals surface area contributed by atoms with E-state index in [-0.39, 0.29) is 17.0 Å². The van der Waals surface area contributed by atoms with Gasteiger partial charge in [-0.25, -0.2) is 0 Å². The van der Waals surface area contributed by atoms with Gasteiger partial charge in [0.15, 0.2) is 0 Å². The molecule has 0 unspecified atom stereocenters. The van der Waals surface area contributed by atoms with Crippen LogP contribution in [0.1, 0.15) is 10.4 Å². The molecule has 20 heavy (non-hydrogen) atoms. The Balaban J connectivity index is 2.22. The van der Waals surface area contributed by atoms with Crippen molar-refractivity contribution in [3.05, 3.63) is 56.8 Å². The zero-order valence-electron chi connectivity index (χ0n) is 9.91. The maximum atomic E-state index is 11.9. The van der Waals surface area contributed by atoms with Crippen LogP contribution in [0.5, 0.6) is 5.75 Å². The number of nitro groups is 1. The highest BCUT2D eigenvalue weighted by Gasteiger charge is 2.12. The second-order valence-corrected chi connectivity index (χ2v) is 4.66. The van der Waals surface area contributed by atoms with Crippen molar-refractivity contribution in [3.8, 4) is 5.75 Å². The normalized spacial score (nSPS) is 10.1. The summed E-state index contributed by atoms with van der Waals surface area (Å²) in [6.07, 6.45) is 2.51. The highest BCUT2D eigenvalue weighted by molar-refractivity contribution is 9.10. The van der Waals surface area contributed by atoms with Gasteiger partial charge in [-0.15, -0.1) is 0 Å². The number of aromatic nitrogens is 1. The van der Waals surface area contributed by atoms with Gasteiger partial charge in [0, 0.05) is 22.8 Å². The van der Waals surface area contributed by atoms with E-state index in [4.69, 9.17) is 0 Å². The average Bonchev–Trinajstić information content (AvgIpc) is 2.40. The number of non-ortho nitro benzene ring substituents is 1. The Bertz CT molecular complexity index is 690. The predicted molar refractivity (Wildman–Crippen MR) is 74.7 cm³/mol. The summed E-state index contributed by atoms with van der Waals surface area (Å²) in [5.41, 5.74) is 0.466. The number of pyridine rings is 1. The van der Waals surface area contributed by atoms with Crippen LogP contribution in [0.3, 0.4) is 0 Å². The van der Waals surface area contributed by atoms with E-state index in [2.05, 4.69) is 26.2 Å². The van der Waals surface area contributed by atoms with E-state index < -0.39 is 10.8 Å². The summed E-state index contributed by atoms with van der Waals surface area (Å²) in [5, 5.41) is 22.4. The number of nitrogens with zero attached hydrogens (tertiary/aromatic N) is 2. The lowest BCUT2D eigenvalue weighted by molar-refractivity contribution is -0.384. The predicted octanol–water partition coefficient (Wildman–Crippen LogP) is 2.71. The van der Waals surface area contributed by atoms with Crippen LogP contribution in [-0.2, 0) is 0 Å². The Morgan fingerprint density at radius 1 is 1.35 bits per heavy atom. The Hall–Kier alpha value is -2.48. The van der Waals surface area contributed by atoms with Gasteiger partial charge in [0.05, 0.1) is 22.4 Å². The molecule has 1 amide bonds. The molecular formula is C12H8BrN3O4. The number of carbonyl (C=O) groups excluding carboxylic acids is 1. The minimum absolute atomic E-state index is 0.0890. The van der Waals surface area contributed by atoms with Crippen LogP contribution in [0.15, 0.2) is 41.1 Å². The molecule has 1 heterocycles. The minimum atomic E-state index is -0.532. The first kappa shape index (κ1) is 13.9. The summed E-state index contributed by atoms with van der Waals surface area (Å²) < 4.78 is 0.383. The number of nitro benzene ring substituents is 1. The highest BCUT2D eigenvalue weighted by atomic mass is 79.9. The van der Waals surface area contributed by atoms with E-state index in [1.807, 2.05) is 0 Å². The number of hydrogen-bond acceptors (Lipinski definition) is 5. The van der Waals surface area contributed by atoms with Gasteiger partial charge >= 0.3 is 0 Å². The fourth-order valence-corrected chi connectivity index (χ4v) is 1.93. The zero-order chi connectivity index (χ0) is 14.7. The first-order valence-corrected chi connectivity index (χ1v) is 6.16. The molecule has 2 rings (SSSR count). The molecule has 102 valence electrons. The van der Waals surface area contributed by atoms with Crippen LogP contribution >= 0.6 is 15.9 Å². The molecular weight excluding hydrogens is 330 g/mol. The number of hydrogen-bond donors (Lipinski definition) is 2. The van der Waals surface area contributed by atoms with Crippen LogP contribution < -0.4 is 5.32 Å². The molecule has 0 aliphatic heterocycles. The number of aromatic hydroxyl groups is 1. The number of benzene rings is 1. The third-order valence-corrected chi connectivity index (χ3v) is 3.05. The lowest BCUT2D eigenvalue weighted by atomic mass is 10.2. The molecule has 8 heteroatoms. The van der Waals surface area contributed by atoms with E-state index >= 15 is 0 Å². The smallest absolute Gasteiger partial charge is 0.270 e. The number of anilines is 1. The van der Waals surface area contributed by atoms with Gasteiger partial charge in [0.2, 0.25) is 0 Å². The molecule has 0 aliphatic carbocycles. The molecule has 0 saturated carbocycles. The summed E-state index contributed by atoms with van der Waals surface area (Å²) in [6.45, 7) is 0. The number of carbonyl (C=O) groups is 1. The number of rotatable bonds is 3. The highest BCUT2D eigenvalue weighted by Crippen LogP contribution is 2.27. The quantitative estimate of drug-likeness (QED) is 0.661. The summed E-state index contributed by atoms with van der Waals surface area (Å²) in [6, 6.07) is 5.25. The van der Waals surface area contributed by atoms with Gasteiger partial charge in [0.25, 0.3) is 11.6 Å². The largest absolute Gasteiger partial charge is 0.506 e. The number of amides is 1. The van der Waals surface area contributed by atoms with Crippen molar-refractivity contribution in [1.29, 1.82) is 0 Å². The first-order chi connectivity index (χ1) is 9.47. The van der Waals surface area contributed by atoms with Crippen LogP contribution in [0.4, 0.5) is 11.4 Å². The van der Waals surface area contributed by atoms with E-state index in [0.717, 1.165) is 0 Å². The summed E-state index contributed by atoms with van der Waals surface area (Å²) >= 11 is 3.15. The van der Waals surface area contributed by atoms with Crippen molar-refractivity contribution >= 4 is 33.2 Å². The fourth-order valence-electron chi connectivity index (χ4n) is 1.47. The standard InChI is InChI=1S/C12H8BrN3O4/c13-10-4-8(16(19)20)1-2-11(10)15-12(18)7-3-9(17)6-14-5-7/h1-6,17H,(H,15,18). The van der Waals surface area contributed by atoms with Gasteiger partial charge in [-0.05, 0) is 28.1 Å². The zero-order valence-corrected chi connectivity index (χ0v) is 11.5. The van der Waals surface area contributed by atoms with Gasteiger partial charge in [-0.2, -0.15) is 0 Å². The molecule has 2 aromatic rings. The first-order valence-electron chi connectivity index (χ1n) is 5.36. The molecule has 0 bridgehead atoms.